The second kappa shape index (κ2) is 7.79. The topological polar surface area (TPSA) is 29.3 Å². The van der Waals surface area contributed by atoms with Gasteiger partial charge in [-0.3, -0.25) is 0 Å². The molecule has 1 atom stereocenters. The van der Waals surface area contributed by atoms with Gasteiger partial charge in [-0.1, -0.05) is 40.5 Å². The van der Waals surface area contributed by atoms with Crippen LogP contribution in [0, 0.1) is 5.92 Å². The van der Waals surface area contributed by atoms with Crippen LogP contribution in [0.2, 0.25) is 5.02 Å². The number of benzene rings is 1. The van der Waals surface area contributed by atoms with Gasteiger partial charge in [0.1, 0.15) is 0 Å². The van der Waals surface area contributed by atoms with Crippen molar-refractivity contribution in [1.29, 1.82) is 0 Å². The molecule has 0 aromatic heterocycles. The first-order chi connectivity index (χ1) is 9.60. The SMILES string of the molecule is CCCN(CCC(N)c1ccc(Br)cc1Cl)CC1CC1. The second-order valence-electron chi connectivity index (χ2n) is 5.80. The summed E-state index contributed by atoms with van der Waals surface area (Å²) < 4.78 is 1.000. The molecule has 2 N–H and O–H groups in total. The molecule has 0 radical (unpaired) electrons. The summed E-state index contributed by atoms with van der Waals surface area (Å²) in [7, 11) is 0. The molecule has 0 spiro atoms. The van der Waals surface area contributed by atoms with E-state index in [0.717, 1.165) is 33.9 Å². The van der Waals surface area contributed by atoms with E-state index in [0.29, 0.717) is 0 Å². The fourth-order valence-corrected chi connectivity index (χ4v) is 3.37. The lowest BCUT2D eigenvalue weighted by atomic mass is 10.0. The van der Waals surface area contributed by atoms with Crippen LogP contribution in [0.25, 0.3) is 0 Å². The molecular formula is C16H24BrClN2. The molecule has 1 unspecified atom stereocenters. The zero-order valence-electron chi connectivity index (χ0n) is 12.1. The lowest BCUT2D eigenvalue weighted by Crippen LogP contribution is -2.30. The molecule has 4 heteroatoms. The molecule has 1 fully saturated rings. The molecule has 0 amide bonds. The van der Waals surface area contributed by atoms with Crippen LogP contribution in [0.4, 0.5) is 0 Å². The van der Waals surface area contributed by atoms with E-state index in [-0.39, 0.29) is 6.04 Å². The summed E-state index contributed by atoms with van der Waals surface area (Å²) in [4.78, 5) is 2.56. The maximum absolute atomic E-state index is 6.31. The van der Waals surface area contributed by atoms with Crippen molar-refractivity contribution >= 4 is 27.5 Å². The maximum Gasteiger partial charge on any atom is 0.0464 e. The molecule has 112 valence electrons. The normalized spacial score (nSPS) is 16.6. The Kier molecular flexibility index (Phi) is 6.34. The van der Waals surface area contributed by atoms with Crippen LogP contribution >= 0.6 is 27.5 Å². The summed E-state index contributed by atoms with van der Waals surface area (Å²) in [6, 6.07) is 5.98. The van der Waals surface area contributed by atoms with Crippen molar-refractivity contribution in [2.75, 3.05) is 19.6 Å². The van der Waals surface area contributed by atoms with Gasteiger partial charge >= 0.3 is 0 Å². The zero-order chi connectivity index (χ0) is 14.5. The van der Waals surface area contributed by atoms with Crippen LogP contribution in [0.15, 0.2) is 22.7 Å². The van der Waals surface area contributed by atoms with Crippen molar-refractivity contribution in [3.63, 3.8) is 0 Å². The van der Waals surface area contributed by atoms with Crippen molar-refractivity contribution in [3.8, 4) is 0 Å². The molecule has 1 aromatic carbocycles. The van der Waals surface area contributed by atoms with E-state index in [1.807, 2.05) is 18.2 Å². The first-order valence-electron chi connectivity index (χ1n) is 7.53. The molecule has 0 aliphatic heterocycles. The standard InChI is InChI=1S/C16H24BrClN2/c1-2-8-20(11-12-3-4-12)9-7-16(19)14-6-5-13(17)10-15(14)18/h5-6,10,12,16H,2-4,7-9,11,19H2,1H3. The Morgan fingerprint density at radius 3 is 2.75 bits per heavy atom. The first-order valence-corrected chi connectivity index (χ1v) is 8.70. The smallest absolute Gasteiger partial charge is 0.0464 e. The zero-order valence-corrected chi connectivity index (χ0v) is 14.5. The monoisotopic (exact) mass is 358 g/mol. The minimum atomic E-state index is 0.0224. The van der Waals surface area contributed by atoms with Gasteiger partial charge in [-0.15, -0.1) is 0 Å². The summed E-state index contributed by atoms with van der Waals surface area (Å²) in [5.74, 6) is 0.939. The van der Waals surface area contributed by atoms with Gasteiger partial charge in [0, 0.05) is 22.1 Å². The Labute approximate surface area is 135 Å². The predicted octanol–water partition coefficient (Wildman–Crippen LogP) is 4.61. The Morgan fingerprint density at radius 1 is 1.40 bits per heavy atom. The van der Waals surface area contributed by atoms with E-state index in [1.54, 1.807) is 0 Å². The minimum Gasteiger partial charge on any atom is -0.324 e. The van der Waals surface area contributed by atoms with Gasteiger partial charge in [-0.2, -0.15) is 0 Å². The van der Waals surface area contributed by atoms with Crippen molar-refractivity contribution in [1.82, 2.24) is 4.90 Å². The van der Waals surface area contributed by atoms with Crippen LogP contribution in [-0.4, -0.2) is 24.5 Å². The number of nitrogens with zero attached hydrogens (tertiary/aromatic N) is 1. The van der Waals surface area contributed by atoms with Gasteiger partial charge in [0.05, 0.1) is 0 Å². The summed E-state index contributed by atoms with van der Waals surface area (Å²) in [6.07, 6.45) is 4.99. The van der Waals surface area contributed by atoms with Crippen molar-refractivity contribution in [3.05, 3.63) is 33.3 Å². The maximum atomic E-state index is 6.31. The van der Waals surface area contributed by atoms with Crippen molar-refractivity contribution in [2.45, 2.75) is 38.6 Å². The van der Waals surface area contributed by atoms with Gasteiger partial charge in [0.25, 0.3) is 0 Å². The molecule has 1 aromatic rings. The van der Waals surface area contributed by atoms with Crippen LogP contribution in [0.3, 0.4) is 0 Å². The Bertz CT molecular complexity index is 434. The van der Waals surface area contributed by atoms with Gasteiger partial charge in [-0.25, -0.2) is 0 Å². The highest BCUT2D eigenvalue weighted by Crippen LogP contribution is 2.30. The van der Waals surface area contributed by atoms with Gasteiger partial charge < -0.3 is 10.6 Å². The highest BCUT2D eigenvalue weighted by Gasteiger charge is 2.24. The molecule has 1 aliphatic carbocycles. The van der Waals surface area contributed by atoms with Gasteiger partial charge in [0.15, 0.2) is 0 Å². The molecule has 0 heterocycles. The van der Waals surface area contributed by atoms with Crippen LogP contribution in [-0.2, 0) is 0 Å². The van der Waals surface area contributed by atoms with Crippen LogP contribution < -0.4 is 5.73 Å². The third kappa shape index (κ3) is 5.03. The summed E-state index contributed by atoms with van der Waals surface area (Å²) in [6.45, 7) is 5.73. The third-order valence-electron chi connectivity index (χ3n) is 3.87. The van der Waals surface area contributed by atoms with Crippen LogP contribution in [0.5, 0.6) is 0 Å². The fourth-order valence-electron chi connectivity index (χ4n) is 2.56. The van der Waals surface area contributed by atoms with E-state index in [9.17, 15) is 0 Å². The average molecular weight is 360 g/mol. The molecular weight excluding hydrogens is 336 g/mol. The highest BCUT2D eigenvalue weighted by atomic mass is 79.9. The quantitative estimate of drug-likeness (QED) is 0.734. The first kappa shape index (κ1) is 16.3. The van der Waals surface area contributed by atoms with Crippen LogP contribution in [0.1, 0.15) is 44.2 Å². The van der Waals surface area contributed by atoms with Crippen molar-refractivity contribution < 1.29 is 0 Å². The van der Waals surface area contributed by atoms with E-state index >= 15 is 0 Å². The largest absolute Gasteiger partial charge is 0.324 e. The minimum absolute atomic E-state index is 0.0224. The Balaban J connectivity index is 1.87. The molecule has 1 saturated carbocycles. The molecule has 0 saturated heterocycles. The van der Waals surface area contributed by atoms with E-state index < -0.39 is 0 Å². The lowest BCUT2D eigenvalue weighted by Gasteiger charge is -2.24. The number of hydrogen-bond acceptors (Lipinski definition) is 2. The molecule has 1 aliphatic rings. The van der Waals surface area contributed by atoms with Crippen molar-refractivity contribution in [2.24, 2.45) is 11.7 Å². The summed E-state index contributed by atoms with van der Waals surface area (Å²) in [5, 5.41) is 0.760. The number of nitrogens with two attached hydrogens (primary N) is 1. The van der Waals surface area contributed by atoms with Gasteiger partial charge in [0.2, 0.25) is 0 Å². The summed E-state index contributed by atoms with van der Waals surface area (Å²) in [5.41, 5.74) is 7.36. The number of halogens is 2. The average Bonchev–Trinajstić information content (AvgIpc) is 3.20. The molecule has 20 heavy (non-hydrogen) atoms. The second-order valence-corrected chi connectivity index (χ2v) is 7.13. The van der Waals surface area contributed by atoms with E-state index in [1.165, 1.54) is 32.4 Å². The highest BCUT2D eigenvalue weighted by molar-refractivity contribution is 9.10. The number of rotatable bonds is 8. The van der Waals surface area contributed by atoms with E-state index in [2.05, 4.69) is 27.8 Å². The lowest BCUT2D eigenvalue weighted by molar-refractivity contribution is 0.253. The Hall–Kier alpha value is -0.0900. The Morgan fingerprint density at radius 2 is 2.15 bits per heavy atom. The number of hydrogen-bond donors (Lipinski definition) is 1. The fraction of sp³-hybridized carbons (Fsp3) is 0.625. The summed E-state index contributed by atoms with van der Waals surface area (Å²) >= 11 is 9.70. The molecule has 0 bridgehead atoms. The molecule has 2 nitrogen and oxygen atoms in total. The predicted molar refractivity (Wildman–Crippen MR) is 90.2 cm³/mol. The third-order valence-corrected chi connectivity index (χ3v) is 4.69. The molecule has 2 rings (SSSR count). The van der Waals surface area contributed by atoms with Gasteiger partial charge in [-0.05, 0) is 62.4 Å². The van der Waals surface area contributed by atoms with E-state index in [4.69, 9.17) is 17.3 Å².